The van der Waals surface area contributed by atoms with Crippen molar-refractivity contribution < 1.29 is 26.7 Å². The van der Waals surface area contributed by atoms with Crippen molar-refractivity contribution in [1.82, 2.24) is 10.0 Å². The summed E-state index contributed by atoms with van der Waals surface area (Å²) < 4.78 is 54.7. The second-order valence-corrected chi connectivity index (χ2v) is 12.8. The number of hydrogen-bond donors (Lipinski definition) is 4. The average Bonchev–Trinajstić information content (AvgIpc) is 3.10. The summed E-state index contributed by atoms with van der Waals surface area (Å²) in [5.74, 6) is -0.493. The minimum absolute atomic E-state index is 0.0939. The van der Waals surface area contributed by atoms with E-state index in [0.717, 1.165) is 43.3 Å². The molecule has 3 saturated carbocycles. The molecule has 31 heavy (non-hydrogen) atoms. The lowest BCUT2D eigenvalue weighted by molar-refractivity contribution is -0.121. The molecule has 13 heteroatoms. The van der Waals surface area contributed by atoms with Crippen LogP contribution in [0.4, 0.5) is 5.00 Å². The maximum absolute atomic E-state index is 12.9. The molecule has 168 valence electrons. The predicted octanol–water partition coefficient (Wildman–Crippen LogP) is 1.06. The van der Waals surface area contributed by atoms with E-state index in [9.17, 15) is 26.7 Å². The monoisotopic (exact) mass is 486 g/mol. The highest BCUT2D eigenvalue weighted by Crippen LogP contribution is 2.49. The maximum atomic E-state index is 12.9. The van der Waals surface area contributed by atoms with Crippen molar-refractivity contribution in [2.75, 3.05) is 11.6 Å². The summed E-state index contributed by atoms with van der Waals surface area (Å²) in [7, 11) is -7.72. The zero-order chi connectivity index (χ0) is 22.1. The highest BCUT2D eigenvalue weighted by atomic mass is 32.2. The number of hydrogen-bond acceptors (Lipinski definition) is 8. The van der Waals surface area contributed by atoms with Crippen molar-refractivity contribution in [3.63, 3.8) is 0 Å². The van der Waals surface area contributed by atoms with E-state index in [2.05, 4.69) is 19.8 Å². The lowest BCUT2D eigenvalue weighted by atomic mass is 9.59. The van der Waals surface area contributed by atoms with Gasteiger partial charge in [0.25, 0.3) is 15.9 Å². The molecule has 0 aromatic carbocycles. The van der Waals surface area contributed by atoms with Crippen LogP contribution in [-0.4, -0.2) is 46.0 Å². The van der Waals surface area contributed by atoms with Crippen LogP contribution in [0.3, 0.4) is 0 Å². The number of fused-ring (bicyclic) bond motifs is 3. The first-order valence-corrected chi connectivity index (χ1v) is 14.2. The number of rotatable bonds is 4. The van der Waals surface area contributed by atoms with Crippen molar-refractivity contribution in [3.05, 3.63) is 22.3 Å². The van der Waals surface area contributed by atoms with Crippen LogP contribution >= 0.6 is 11.3 Å². The van der Waals surface area contributed by atoms with Gasteiger partial charge in [-0.3, -0.25) is 4.79 Å². The molecular weight excluding hydrogens is 464 g/mol. The number of aliphatic hydroxyl groups excluding tert-OH is 1. The van der Waals surface area contributed by atoms with E-state index in [0.29, 0.717) is 5.92 Å². The number of carbonyl (C=O) groups is 1. The second kappa shape index (κ2) is 7.02. The van der Waals surface area contributed by atoms with Gasteiger partial charge in [-0.2, -0.15) is 8.42 Å². The Kier molecular flexibility index (Phi) is 4.74. The van der Waals surface area contributed by atoms with E-state index in [1.807, 2.05) is 0 Å². The number of carbonyl (C=O) groups excluding carboxylic acids is 1. The van der Waals surface area contributed by atoms with Crippen LogP contribution in [0.2, 0.25) is 0 Å². The Labute approximate surface area is 183 Å². The normalized spacial score (nSPS) is 31.4. The summed E-state index contributed by atoms with van der Waals surface area (Å²) in [4.78, 5) is 12.7. The number of amidine groups is 1. The molecule has 4 N–H and O–H groups in total. The lowest BCUT2D eigenvalue weighted by Gasteiger charge is -2.50. The van der Waals surface area contributed by atoms with Crippen molar-refractivity contribution in [2.45, 2.75) is 43.2 Å². The van der Waals surface area contributed by atoms with Crippen molar-refractivity contribution in [2.24, 2.45) is 22.2 Å². The summed E-state index contributed by atoms with van der Waals surface area (Å²) in [6.07, 6.45) is 4.97. The van der Waals surface area contributed by atoms with E-state index in [-0.39, 0.29) is 57.1 Å². The van der Waals surface area contributed by atoms with Crippen molar-refractivity contribution in [3.8, 4) is 0 Å². The maximum Gasteiger partial charge on any atom is 0.287 e. The van der Waals surface area contributed by atoms with E-state index >= 15 is 0 Å². The first kappa shape index (κ1) is 20.9. The summed E-state index contributed by atoms with van der Waals surface area (Å²) in [5.41, 5.74) is 0.129. The van der Waals surface area contributed by atoms with Gasteiger partial charge in [-0.15, -0.1) is 15.7 Å². The van der Waals surface area contributed by atoms with Gasteiger partial charge in [0.05, 0.1) is 6.26 Å². The molecule has 0 radical (unpaired) electrons. The van der Waals surface area contributed by atoms with Gasteiger partial charge >= 0.3 is 0 Å². The van der Waals surface area contributed by atoms with Gasteiger partial charge in [-0.05, 0) is 42.9 Å². The Morgan fingerprint density at radius 2 is 1.94 bits per heavy atom. The first-order valence-electron chi connectivity index (χ1n) is 9.96. The average molecular weight is 487 g/mol. The highest BCUT2D eigenvalue weighted by Gasteiger charge is 2.51. The van der Waals surface area contributed by atoms with Crippen LogP contribution in [0.1, 0.15) is 31.2 Å². The van der Waals surface area contributed by atoms with Gasteiger partial charge in [0.15, 0.2) is 5.84 Å². The third-order valence-electron chi connectivity index (χ3n) is 6.60. The van der Waals surface area contributed by atoms with Gasteiger partial charge in [-0.1, -0.05) is 0 Å². The summed E-state index contributed by atoms with van der Waals surface area (Å²) in [5, 5.41) is 18.6. The fraction of sp³-hybridized carbons (Fsp3) is 0.556. The number of thiophene rings is 1. The number of nitrogens with zero attached hydrogens (tertiary/aromatic N) is 1. The Morgan fingerprint density at radius 1 is 1.26 bits per heavy atom. The fourth-order valence-corrected chi connectivity index (χ4v) is 8.30. The molecule has 3 aliphatic carbocycles. The number of nitrogens with one attached hydrogen (secondary N) is 3. The molecule has 2 aliphatic heterocycles. The number of sulfonamides is 2. The Morgan fingerprint density at radius 3 is 2.61 bits per heavy atom. The molecule has 2 bridgehead atoms. The molecule has 1 amide bonds. The van der Waals surface area contributed by atoms with E-state index in [1.165, 1.54) is 5.38 Å². The molecule has 3 fully saturated rings. The van der Waals surface area contributed by atoms with Crippen molar-refractivity contribution in [1.29, 1.82) is 0 Å². The van der Waals surface area contributed by atoms with Crippen molar-refractivity contribution >= 4 is 48.1 Å². The van der Waals surface area contributed by atoms with E-state index in [1.54, 1.807) is 0 Å². The topological polar surface area (TPSA) is 154 Å². The lowest BCUT2D eigenvalue weighted by Crippen LogP contribution is -2.58. The molecule has 5 aliphatic rings. The highest BCUT2D eigenvalue weighted by molar-refractivity contribution is 7.91. The van der Waals surface area contributed by atoms with Gasteiger partial charge in [0, 0.05) is 24.1 Å². The minimum Gasteiger partial charge on any atom is -0.511 e. The van der Waals surface area contributed by atoms with Crippen LogP contribution in [0, 0.1) is 17.8 Å². The Balaban J connectivity index is 1.52. The largest absolute Gasteiger partial charge is 0.511 e. The molecule has 1 aromatic heterocycles. The van der Waals surface area contributed by atoms with E-state index in [4.69, 9.17) is 0 Å². The molecule has 2 atom stereocenters. The SMILES string of the molecule is CS(=O)(=O)NCc1csc2c1S(=O)(=O)N=C(C1=C(O)[C@@H]3C4CCC(CC4)[C@@H]3NC1=O)N2. The van der Waals surface area contributed by atoms with Crippen LogP contribution in [-0.2, 0) is 31.4 Å². The van der Waals surface area contributed by atoms with Gasteiger partial charge in [-0.25, -0.2) is 13.1 Å². The Hall–Kier alpha value is -1.96. The fourth-order valence-electron chi connectivity index (χ4n) is 5.27. The molecule has 10 nitrogen and oxygen atoms in total. The van der Waals surface area contributed by atoms with Gasteiger partial charge in [0.2, 0.25) is 10.0 Å². The number of amides is 1. The van der Waals surface area contributed by atoms with Gasteiger partial charge < -0.3 is 15.7 Å². The first-order chi connectivity index (χ1) is 14.5. The smallest absolute Gasteiger partial charge is 0.287 e. The third-order valence-corrected chi connectivity index (χ3v) is 9.74. The van der Waals surface area contributed by atoms with Crippen LogP contribution in [0.25, 0.3) is 0 Å². The predicted molar refractivity (Wildman–Crippen MR) is 115 cm³/mol. The number of aliphatic hydroxyl groups is 1. The van der Waals surface area contributed by atoms with Crippen LogP contribution in [0.15, 0.2) is 26.0 Å². The third kappa shape index (κ3) is 3.47. The van der Waals surface area contributed by atoms with Crippen LogP contribution in [0.5, 0.6) is 0 Å². The molecule has 0 spiro atoms. The molecule has 3 heterocycles. The number of anilines is 1. The molecule has 0 saturated heterocycles. The quantitative estimate of drug-likeness (QED) is 0.496. The molecule has 0 unspecified atom stereocenters. The minimum atomic E-state index is -4.21. The standard InChI is InChI=1S/C18H22N4O6S3/c1-30(25,26)19-6-10-7-29-18-15(10)31(27,28)22-16(21-18)12-14(23)11-8-2-4-9(5-3-8)13(11)20-17(12)24/h7-9,11,13,19,23H,2-6H2,1H3,(H,20,24)(H,21,22)/t8?,9?,11-,13+/m1/s1. The molecule has 1 aromatic rings. The zero-order valence-electron chi connectivity index (χ0n) is 16.6. The summed E-state index contributed by atoms with van der Waals surface area (Å²) in [6.45, 7) is -0.197. The molecular formula is C18H22N4O6S3. The van der Waals surface area contributed by atoms with Gasteiger partial charge in [0.1, 0.15) is 21.2 Å². The van der Waals surface area contributed by atoms with E-state index < -0.39 is 26.0 Å². The molecule has 6 rings (SSSR count). The Bertz CT molecular complexity index is 1240. The second-order valence-electron chi connectivity index (χ2n) is 8.51. The van der Waals surface area contributed by atoms with Crippen LogP contribution < -0.4 is 15.4 Å². The zero-order valence-corrected chi connectivity index (χ0v) is 19.0. The summed E-state index contributed by atoms with van der Waals surface area (Å²) >= 11 is 1.07. The summed E-state index contributed by atoms with van der Waals surface area (Å²) in [6, 6.07) is -0.129.